The van der Waals surface area contributed by atoms with Gasteiger partial charge in [-0.3, -0.25) is 9.78 Å². The number of rotatable bonds is 4. The lowest BCUT2D eigenvalue weighted by atomic mass is 9.93. The summed E-state index contributed by atoms with van der Waals surface area (Å²) in [4.78, 5) is 14.5. The molecule has 0 spiro atoms. The van der Waals surface area contributed by atoms with E-state index in [-0.39, 0.29) is 22.7 Å². The highest BCUT2D eigenvalue weighted by molar-refractivity contribution is 5.81. The van der Waals surface area contributed by atoms with Gasteiger partial charge in [-0.1, -0.05) is 20.8 Å². The summed E-state index contributed by atoms with van der Waals surface area (Å²) >= 11 is 0. The van der Waals surface area contributed by atoms with Crippen LogP contribution in [0.2, 0.25) is 0 Å². The molecule has 0 aliphatic carbocycles. The van der Waals surface area contributed by atoms with Crippen LogP contribution in [0.1, 0.15) is 32.0 Å². The molecular weight excluding hydrogens is 298 g/mol. The number of phenols is 1. The van der Waals surface area contributed by atoms with Gasteiger partial charge in [-0.15, -0.1) is 10.2 Å². The number of hydrogen-bond donors (Lipinski definition) is 3. The Morgan fingerprint density at radius 3 is 2.65 bits per heavy atom. The highest BCUT2D eigenvalue weighted by atomic mass is 16.5. The number of benzene rings is 1. The van der Waals surface area contributed by atoms with Gasteiger partial charge in [-0.2, -0.15) is 5.10 Å². The van der Waals surface area contributed by atoms with Gasteiger partial charge < -0.3 is 9.84 Å². The van der Waals surface area contributed by atoms with Crippen LogP contribution in [0.25, 0.3) is 0 Å². The molecule has 2 rings (SSSR count). The molecule has 0 unspecified atom stereocenters. The minimum Gasteiger partial charge on any atom is -0.504 e. The number of nitrogens with zero attached hydrogens (tertiary/aromatic N) is 3. The summed E-state index contributed by atoms with van der Waals surface area (Å²) in [6.45, 7) is 5.65. The lowest BCUT2D eigenvalue weighted by Crippen LogP contribution is -2.28. The van der Waals surface area contributed by atoms with Crippen molar-refractivity contribution in [2.45, 2.75) is 26.2 Å². The zero-order valence-electron chi connectivity index (χ0n) is 13.4. The van der Waals surface area contributed by atoms with Gasteiger partial charge in [-0.25, -0.2) is 5.43 Å². The average molecular weight is 317 g/mol. The van der Waals surface area contributed by atoms with Gasteiger partial charge in [-0.05, 0) is 23.8 Å². The van der Waals surface area contributed by atoms with Gasteiger partial charge in [0.1, 0.15) is 5.69 Å². The smallest absolute Gasteiger partial charge is 0.274 e. The predicted octanol–water partition coefficient (Wildman–Crippen LogP) is 1.62. The van der Waals surface area contributed by atoms with E-state index in [1.807, 2.05) is 20.8 Å². The lowest BCUT2D eigenvalue weighted by Gasteiger charge is -2.15. The number of phenolic OH excluding ortho intramolecular Hbond substituents is 1. The summed E-state index contributed by atoms with van der Waals surface area (Å²) in [6.07, 6.45) is 1.47. The molecule has 0 saturated carbocycles. The molecule has 1 aromatic carbocycles. The minimum atomic E-state index is -0.386. The van der Waals surface area contributed by atoms with Crippen LogP contribution in [-0.4, -0.2) is 33.6 Å². The average Bonchev–Trinajstić information content (AvgIpc) is 2.46. The second-order valence-corrected chi connectivity index (χ2v) is 5.90. The lowest BCUT2D eigenvalue weighted by molar-refractivity contribution is 0.373. The number of nitrogens with one attached hydrogen (secondary N) is 2. The zero-order chi connectivity index (χ0) is 17.0. The van der Waals surface area contributed by atoms with Gasteiger partial charge in [0, 0.05) is 5.41 Å². The molecule has 8 nitrogen and oxygen atoms in total. The highest BCUT2D eigenvalue weighted by Gasteiger charge is 2.20. The second kappa shape index (κ2) is 6.47. The van der Waals surface area contributed by atoms with Crippen molar-refractivity contribution in [3.05, 3.63) is 39.8 Å². The van der Waals surface area contributed by atoms with E-state index in [0.717, 1.165) is 0 Å². The van der Waals surface area contributed by atoms with Gasteiger partial charge in [0.15, 0.2) is 11.5 Å². The first-order valence-corrected chi connectivity index (χ1v) is 6.95. The Bertz CT molecular complexity index is 777. The maximum Gasteiger partial charge on any atom is 0.274 e. The van der Waals surface area contributed by atoms with Crippen LogP contribution in [0.15, 0.2) is 28.1 Å². The van der Waals surface area contributed by atoms with Crippen molar-refractivity contribution in [3.63, 3.8) is 0 Å². The first kappa shape index (κ1) is 16.5. The Balaban J connectivity index is 2.10. The largest absolute Gasteiger partial charge is 0.504 e. The van der Waals surface area contributed by atoms with Crippen molar-refractivity contribution in [3.8, 4) is 11.5 Å². The number of hydrogen-bond acceptors (Lipinski definition) is 7. The molecule has 0 radical (unpaired) electrons. The summed E-state index contributed by atoms with van der Waals surface area (Å²) in [5.41, 5.74) is 2.89. The first-order valence-electron chi connectivity index (χ1n) is 6.95. The van der Waals surface area contributed by atoms with Gasteiger partial charge in [0.2, 0.25) is 5.95 Å². The quantitative estimate of drug-likeness (QED) is 0.583. The molecule has 0 fully saturated rings. The predicted molar refractivity (Wildman–Crippen MR) is 87.2 cm³/mol. The van der Waals surface area contributed by atoms with Crippen LogP contribution in [0.5, 0.6) is 11.5 Å². The summed E-state index contributed by atoms with van der Waals surface area (Å²) in [6, 6.07) is 4.85. The monoisotopic (exact) mass is 317 g/mol. The molecular formula is C15H19N5O3. The third-order valence-electron chi connectivity index (χ3n) is 2.99. The van der Waals surface area contributed by atoms with E-state index in [4.69, 9.17) is 4.74 Å². The Morgan fingerprint density at radius 1 is 1.35 bits per heavy atom. The Hall–Kier alpha value is -2.90. The molecule has 0 bridgehead atoms. The molecule has 0 atom stereocenters. The van der Waals surface area contributed by atoms with E-state index in [1.54, 1.807) is 12.1 Å². The van der Waals surface area contributed by atoms with E-state index >= 15 is 0 Å². The standard InChI is InChI=1S/C15H19N5O3/c1-15(2,3)12-13(22)17-14(20-18-12)19-16-8-9-5-6-11(23-4)10(21)7-9/h5-8,21H,1-4H3,(H2,17,19,20,22)/b16-8-. The maximum atomic E-state index is 11.9. The molecule has 3 N–H and O–H groups in total. The fraction of sp³-hybridized carbons (Fsp3) is 0.333. The third-order valence-corrected chi connectivity index (χ3v) is 2.99. The van der Waals surface area contributed by atoms with Crippen LogP contribution in [0, 0.1) is 0 Å². The van der Waals surface area contributed by atoms with Crippen LogP contribution < -0.4 is 15.7 Å². The summed E-state index contributed by atoms with van der Waals surface area (Å²) in [7, 11) is 1.47. The Labute approximate surface area is 133 Å². The molecule has 0 saturated heterocycles. The molecule has 8 heteroatoms. The molecule has 0 aliphatic rings. The minimum absolute atomic E-state index is 0.0131. The van der Waals surface area contributed by atoms with Gasteiger partial charge >= 0.3 is 0 Å². The molecule has 0 amide bonds. The van der Waals surface area contributed by atoms with Crippen LogP contribution in [0.4, 0.5) is 5.95 Å². The summed E-state index contributed by atoms with van der Waals surface area (Å²) in [5.74, 6) is 0.527. The fourth-order valence-corrected chi connectivity index (χ4v) is 1.83. The Kier molecular flexibility index (Phi) is 4.63. The first-order chi connectivity index (χ1) is 10.8. The number of aromatic nitrogens is 3. The number of anilines is 1. The topological polar surface area (TPSA) is 112 Å². The Morgan fingerprint density at radius 2 is 2.09 bits per heavy atom. The number of aromatic amines is 1. The van der Waals surface area contributed by atoms with Crippen molar-refractivity contribution in [1.82, 2.24) is 15.2 Å². The van der Waals surface area contributed by atoms with Crippen molar-refractivity contribution in [1.29, 1.82) is 0 Å². The normalized spacial score (nSPS) is 11.7. The van der Waals surface area contributed by atoms with Crippen LogP contribution in [0.3, 0.4) is 0 Å². The van der Waals surface area contributed by atoms with Crippen molar-refractivity contribution in [2.75, 3.05) is 12.5 Å². The van der Waals surface area contributed by atoms with Gasteiger partial charge in [0.05, 0.1) is 13.3 Å². The number of aromatic hydroxyl groups is 1. The number of hydrazone groups is 1. The SMILES string of the molecule is COc1ccc(/C=N\Nc2nnc(C(C)(C)C)c(=O)[nH]2)cc1O. The fourth-order valence-electron chi connectivity index (χ4n) is 1.83. The van der Waals surface area contributed by atoms with E-state index in [2.05, 4.69) is 25.7 Å². The number of methoxy groups -OCH3 is 1. The molecule has 1 heterocycles. The van der Waals surface area contributed by atoms with E-state index in [9.17, 15) is 9.90 Å². The molecule has 0 aliphatic heterocycles. The van der Waals surface area contributed by atoms with Gasteiger partial charge in [0.25, 0.3) is 5.56 Å². The highest BCUT2D eigenvalue weighted by Crippen LogP contribution is 2.25. The van der Waals surface area contributed by atoms with E-state index in [1.165, 1.54) is 19.4 Å². The molecule has 23 heavy (non-hydrogen) atoms. The number of H-pyrrole nitrogens is 1. The summed E-state index contributed by atoms with van der Waals surface area (Å²) < 4.78 is 4.96. The van der Waals surface area contributed by atoms with Crippen molar-refractivity contribution >= 4 is 12.2 Å². The summed E-state index contributed by atoms with van der Waals surface area (Å²) in [5, 5.41) is 21.4. The second-order valence-electron chi connectivity index (χ2n) is 5.90. The van der Waals surface area contributed by atoms with E-state index < -0.39 is 0 Å². The van der Waals surface area contributed by atoms with Crippen LogP contribution in [-0.2, 0) is 5.41 Å². The third kappa shape index (κ3) is 4.06. The zero-order valence-corrected chi connectivity index (χ0v) is 13.4. The van der Waals surface area contributed by atoms with Crippen molar-refractivity contribution < 1.29 is 9.84 Å². The molecule has 2 aromatic rings. The van der Waals surface area contributed by atoms with Crippen molar-refractivity contribution in [2.24, 2.45) is 5.10 Å². The number of ether oxygens (including phenoxy) is 1. The molecule has 122 valence electrons. The maximum absolute atomic E-state index is 11.9. The molecule has 1 aromatic heterocycles. The van der Waals surface area contributed by atoms with Crippen LogP contribution >= 0.6 is 0 Å². The van der Waals surface area contributed by atoms with E-state index in [0.29, 0.717) is 17.0 Å².